The molecule has 1 saturated carbocycles. The zero-order valence-corrected chi connectivity index (χ0v) is 8.72. The Labute approximate surface area is 91.7 Å². The lowest BCUT2D eigenvalue weighted by atomic mass is 9.97. The van der Waals surface area contributed by atoms with Crippen molar-refractivity contribution in [3.8, 4) is 0 Å². The molecule has 80 valence electrons. The Hall–Kier alpha value is -1.09. The lowest BCUT2D eigenvalue weighted by Gasteiger charge is -2.09. The van der Waals surface area contributed by atoms with Gasteiger partial charge in [-0.15, -0.1) is 0 Å². The van der Waals surface area contributed by atoms with Gasteiger partial charge in [-0.2, -0.15) is 0 Å². The highest BCUT2D eigenvalue weighted by molar-refractivity contribution is 6.30. The van der Waals surface area contributed by atoms with E-state index in [-0.39, 0.29) is 5.02 Å². The smallest absolute Gasteiger partial charge is 0.309 e. The molecule has 1 N–H and O–H groups in total. The maximum absolute atomic E-state index is 13.1. The van der Waals surface area contributed by atoms with Crippen molar-refractivity contribution in [3.05, 3.63) is 34.6 Å². The van der Waals surface area contributed by atoms with Gasteiger partial charge in [0, 0.05) is 0 Å². The van der Waals surface area contributed by atoms with E-state index in [0.29, 0.717) is 24.8 Å². The SMILES string of the molecule is O=C(O)C1(Cc2ccc(Cl)c(F)c2)CC1. The fourth-order valence-electron chi connectivity index (χ4n) is 1.66. The zero-order chi connectivity index (χ0) is 11.1. The van der Waals surface area contributed by atoms with Crippen LogP contribution in [0.5, 0.6) is 0 Å². The van der Waals surface area contributed by atoms with Gasteiger partial charge < -0.3 is 5.11 Å². The van der Waals surface area contributed by atoms with Crippen LogP contribution < -0.4 is 0 Å². The number of benzene rings is 1. The number of hydrogen-bond acceptors (Lipinski definition) is 1. The van der Waals surface area contributed by atoms with E-state index in [2.05, 4.69) is 0 Å². The molecule has 1 aliphatic carbocycles. The molecule has 2 rings (SSSR count). The summed E-state index contributed by atoms with van der Waals surface area (Å²) in [6.07, 6.45) is 1.73. The normalized spacial score (nSPS) is 17.5. The second-order valence-corrected chi connectivity index (χ2v) is 4.42. The third-order valence-corrected chi connectivity index (χ3v) is 3.14. The molecular formula is C11H10ClFO2. The van der Waals surface area contributed by atoms with E-state index in [1.54, 1.807) is 6.07 Å². The van der Waals surface area contributed by atoms with E-state index in [9.17, 15) is 9.18 Å². The van der Waals surface area contributed by atoms with E-state index < -0.39 is 17.2 Å². The minimum Gasteiger partial charge on any atom is -0.481 e. The Balaban J connectivity index is 2.18. The largest absolute Gasteiger partial charge is 0.481 e. The molecule has 0 atom stereocenters. The van der Waals surface area contributed by atoms with Crippen molar-refractivity contribution in [3.63, 3.8) is 0 Å². The predicted molar refractivity (Wildman–Crippen MR) is 54.4 cm³/mol. The van der Waals surface area contributed by atoms with Crippen LogP contribution in [-0.4, -0.2) is 11.1 Å². The molecule has 0 unspecified atom stereocenters. The summed E-state index contributed by atoms with van der Waals surface area (Å²) in [7, 11) is 0. The highest BCUT2D eigenvalue weighted by Gasteiger charge is 2.49. The molecule has 1 aromatic rings. The lowest BCUT2D eigenvalue weighted by molar-refractivity contribution is -0.143. The van der Waals surface area contributed by atoms with Gasteiger partial charge in [0.1, 0.15) is 5.82 Å². The average Bonchev–Trinajstić information content (AvgIpc) is 2.93. The van der Waals surface area contributed by atoms with Crippen molar-refractivity contribution in [1.29, 1.82) is 0 Å². The van der Waals surface area contributed by atoms with Gasteiger partial charge >= 0.3 is 5.97 Å². The van der Waals surface area contributed by atoms with Crippen LogP contribution in [0.15, 0.2) is 18.2 Å². The molecule has 0 aromatic heterocycles. The van der Waals surface area contributed by atoms with Crippen molar-refractivity contribution in [1.82, 2.24) is 0 Å². The van der Waals surface area contributed by atoms with Gasteiger partial charge in [0.15, 0.2) is 0 Å². The summed E-state index contributed by atoms with van der Waals surface area (Å²) in [4.78, 5) is 10.9. The predicted octanol–water partition coefficient (Wildman–Crippen LogP) is 2.89. The highest BCUT2D eigenvalue weighted by atomic mass is 35.5. The van der Waals surface area contributed by atoms with Crippen LogP contribution in [-0.2, 0) is 11.2 Å². The van der Waals surface area contributed by atoms with Crippen LogP contribution in [0.4, 0.5) is 4.39 Å². The van der Waals surface area contributed by atoms with Crippen LogP contribution in [0.25, 0.3) is 0 Å². The number of carbonyl (C=O) groups is 1. The molecule has 1 aromatic carbocycles. The molecule has 0 aliphatic heterocycles. The molecule has 0 spiro atoms. The molecular weight excluding hydrogens is 219 g/mol. The summed E-state index contributed by atoms with van der Waals surface area (Å²) in [5, 5.41) is 9.04. The molecule has 0 heterocycles. The molecule has 1 fully saturated rings. The number of hydrogen-bond donors (Lipinski definition) is 1. The monoisotopic (exact) mass is 228 g/mol. The first-order valence-electron chi connectivity index (χ1n) is 4.71. The molecule has 0 bridgehead atoms. The van der Waals surface area contributed by atoms with Gasteiger partial charge in [-0.25, -0.2) is 4.39 Å². The summed E-state index contributed by atoms with van der Waals surface area (Å²) >= 11 is 5.54. The van der Waals surface area contributed by atoms with E-state index in [1.807, 2.05) is 0 Å². The minimum atomic E-state index is -0.794. The van der Waals surface area contributed by atoms with Gasteiger partial charge in [0.25, 0.3) is 0 Å². The van der Waals surface area contributed by atoms with Crippen LogP contribution >= 0.6 is 11.6 Å². The molecule has 2 nitrogen and oxygen atoms in total. The first kappa shape index (κ1) is 10.4. The molecule has 4 heteroatoms. The van der Waals surface area contributed by atoms with Gasteiger partial charge in [0.05, 0.1) is 10.4 Å². The summed E-state index contributed by atoms with van der Waals surface area (Å²) in [6, 6.07) is 4.45. The first-order valence-corrected chi connectivity index (χ1v) is 5.09. The quantitative estimate of drug-likeness (QED) is 0.864. The van der Waals surface area contributed by atoms with Crippen LogP contribution in [0, 0.1) is 11.2 Å². The van der Waals surface area contributed by atoms with E-state index >= 15 is 0 Å². The van der Waals surface area contributed by atoms with Crippen molar-refractivity contribution in [2.45, 2.75) is 19.3 Å². The Morgan fingerprint density at radius 1 is 1.53 bits per heavy atom. The fourth-order valence-corrected chi connectivity index (χ4v) is 1.78. The van der Waals surface area contributed by atoms with E-state index in [1.165, 1.54) is 12.1 Å². The average molecular weight is 229 g/mol. The summed E-state index contributed by atoms with van der Waals surface area (Å²) in [5.41, 5.74) is 0.0390. The standard InChI is InChI=1S/C11H10ClFO2/c12-8-2-1-7(5-9(8)13)6-11(3-4-11)10(14)15/h1-2,5H,3-4,6H2,(H,14,15). The molecule has 0 radical (unpaired) electrons. The minimum absolute atomic E-state index is 0.0684. The third-order valence-electron chi connectivity index (χ3n) is 2.83. The number of carboxylic acids is 1. The summed E-state index contributed by atoms with van der Waals surface area (Å²) in [5.74, 6) is -1.28. The molecule has 15 heavy (non-hydrogen) atoms. The van der Waals surface area contributed by atoms with Crippen molar-refractivity contribution in [2.24, 2.45) is 5.41 Å². The Morgan fingerprint density at radius 2 is 2.20 bits per heavy atom. The molecule has 0 saturated heterocycles. The van der Waals surface area contributed by atoms with Crippen LogP contribution in [0.3, 0.4) is 0 Å². The summed E-state index contributed by atoms with van der Waals surface area (Å²) < 4.78 is 13.1. The first-order chi connectivity index (χ1) is 7.03. The highest BCUT2D eigenvalue weighted by Crippen LogP contribution is 2.48. The fraction of sp³-hybridized carbons (Fsp3) is 0.364. The van der Waals surface area contributed by atoms with Crippen molar-refractivity contribution in [2.75, 3.05) is 0 Å². The number of carboxylic acid groups (broad SMARTS) is 1. The number of aliphatic carboxylic acids is 1. The van der Waals surface area contributed by atoms with Crippen LogP contribution in [0.1, 0.15) is 18.4 Å². The Kier molecular flexibility index (Phi) is 2.43. The summed E-state index contributed by atoms with van der Waals surface area (Å²) in [6.45, 7) is 0. The van der Waals surface area contributed by atoms with Crippen LogP contribution in [0.2, 0.25) is 5.02 Å². The van der Waals surface area contributed by atoms with Gasteiger partial charge in [0.2, 0.25) is 0 Å². The van der Waals surface area contributed by atoms with E-state index in [4.69, 9.17) is 16.7 Å². The zero-order valence-electron chi connectivity index (χ0n) is 7.96. The maximum Gasteiger partial charge on any atom is 0.309 e. The van der Waals surface area contributed by atoms with Crippen molar-refractivity contribution < 1.29 is 14.3 Å². The van der Waals surface area contributed by atoms with Crippen molar-refractivity contribution >= 4 is 17.6 Å². The third kappa shape index (κ3) is 1.97. The second-order valence-electron chi connectivity index (χ2n) is 4.01. The lowest BCUT2D eigenvalue weighted by Crippen LogP contribution is -2.17. The maximum atomic E-state index is 13.1. The van der Waals surface area contributed by atoms with E-state index in [0.717, 1.165) is 0 Å². The molecule has 1 aliphatic rings. The Bertz CT molecular complexity index is 413. The van der Waals surface area contributed by atoms with Gasteiger partial charge in [-0.1, -0.05) is 17.7 Å². The number of rotatable bonds is 3. The second kappa shape index (κ2) is 3.49. The van der Waals surface area contributed by atoms with Gasteiger partial charge in [-0.05, 0) is 37.0 Å². The topological polar surface area (TPSA) is 37.3 Å². The van der Waals surface area contributed by atoms with Gasteiger partial charge in [-0.3, -0.25) is 4.79 Å². The Morgan fingerprint density at radius 3 is 2.67 bits per heavy atom. The molecule has 0 amide bonds. The number of halogens is 2.